The van der Waals surface area contributed by atoms with Crippen molar-refractivity contribution < 1.29 is 19.4 Å². The van der Waals surface area contributed by atoms with Crippen LogP contribution in [-0.4, -0.2) is 35.7 Å². The van der Waals surface area contributed by atoms with E-state index in [2.05, 4.69) is 5.32 Å². The van der Waals surface area contributed by atoms with Crippen LogP contribution in [0.25, 0.3) is 0 Å². The van der Waals surface area contributed by atoms with Gasteiger partial charge < -0.3 is 15.2 Å². The van der Waals surface area contributed by atoms with Gasteiger partial charge in [0.25, 0.3) is 0 Å². The molecule has 1 amide bonds. The van der Waals surface area contributed by atoms with E-state index in [-0.39, 0.29) is 24.5 Å². The Morgan fingerprint density at radius 1 is 1.50 bits per heavy atom. The summed E-state index contributed by atoms with van der Waals surface area (Å²) in [6.45, 7) is 3.48. The molecule has 2 N–H and O–H groups in total. The number of rotatable bonds is 3. The first-order valence-corrected chi connectivity index (χ1v) is 4.65. The summed E-state index contributed by atoms with van der Waals surface area (Å²) in [5.41, 5.74) is 0. The number of amides is 1. The van der Waals surface area contributed by atoms with Gasteiger partial charge in [-0.3, -0.25) is 9.59 Å². The van der Waals surface area contributed by atoms with Crippen LogP contribution in [0, 0.1) is 5.92 Å². The fourth-order valence-corrected chi connectivity index (χ4v) is 1.67. The van der Waals surface area contributed by atoms with Gasteiger partial charge in [0.2, 0.25) is 5.91 Å². The average Bonchev–Trinajstić information content (AvgIpc) is 2.41. The summed E-state index contributed by atoms with van der Waals surface area (Å²) in [4.78, 5) is 21.6. The maximum absolute atomic E-state index is 11.4. The summed E-state index contributed by atoms with van der Waals surface area (Å²) in [5.74, 6) is -1.22. The van der Waals surface area contributed by atoms with Crippen LogP contribution in [0.3, 0.4) is 0 Å². The van der Waals surface area contributed by atoms with Gasteiger partial charge in [-0.15, -0.1) is 0 Å². The number of ether oxygens (including phenoxy) is 1. The number of carboxylic acids is 1. The summed E-state index contributed by atoms with van der Waals surface area (Å²) >= 11 is 0. The van der Waals surface area contributed by atoms with E-state index < -0.39 is 12.1 Å². The quantitative estimate of drug-likeness (QED) is 0.674. The Balaban J connectivity index is 2.41. The number of hydrogen-bond acceptors (Lipinski definition) is 3. The van der Waals surface area contributed by atoms with Gasteiger partial charge in [-0.2, -0.15) is 0 Å². The van der Waals surface area contributed by atoms with Crippen molar-refractivity contribution in [1.82, 2.24) is 5.32 Å². The molecule has 1 aliphatic heterocycles. The molecule has 14 heavy (non-hydrogen) atoms. The Hall–Kier alpha value is -1.10. The molecule has 0 aromatic heterocycles. The first-order chi connectivity index (χ1) is 6.50. The summed E-state index contributed by atoms with van der Waals surface area (Å²) in [6, 6.07) is 0. The molecule has 3 atom stereocenters. The van der Waals surface area contributed by atoms with Crippen molar-refractivity contribution in [2.75, 3.05) is 6.54 Å². The molecule has 3 unspecified atom stereocenters. The van der Waals surface area contributed by atoms with Gasteiger partial charge in [-0.1, -0.05) is 6.92 Å². The third kappa shape index (κ3) is 2.70. The van der Waals surface area contributed by atoms with Gasteiger partial charge in [-0.05, 0) is 19.3 Å². The highest BCUT2D eigenvalue weighted by molar-refractivity contribution is 5.84. The monoisotopic (exact) mass is 201 g/mol. The van der Waals surface area contributed by atoms with Crippen LogP contribution in [0.4, 0.5) is 0 Å². The predicted octanol–water partition coefficient (Wildman–Crippen LogP) is 0.000700. The molecule has 0 aromatic carbocycles. The average molecular weight is 201 g/mol. The number of carbonyl (C=O) groups is 2. The van der Waals surface area contributed by atoms with Gasteiger partial charge >= 0.3 is 5.97 Å². The Morgan fingerprint density at radius 3 is 2.57 bits per heavy atom. The topological polar surface area (TPSA) is 75.6 Å². The van der Waals surface area contributed by atoms with E-state index in [1.165, 1.54) is 0 Å². The molecule has 0 spiro atoms. The minimum Gasteiger partial charge on any atom is -0.480 e. The van der Waals surface area contributed by atoms with E-state index in [1.54, 1.807) is 0 Å². The third-order valence-electron chi connectivity index (χ3n) is 2.27. The van der Waals surface area contributed by atoms with E-state index in [9.17, 15) is 9.59 Å². The highest BCUT2D eigenvalue weighted by Crippen LogP contribution is 2.25. The highest BCUT2D eigenvalue weighted by atomic mass is 16.5. The fraction of sp³-hybridized carbons (Fsp3) is 0.778. The van der Waals surface area contributed by atoms with Crippen LogP contribution in [0.15, 0.2) is 0 Å². The van der Waals surface area contributed by atoms with Crippen molar-refractivity contribution in [3.05, 3.63) is 0 Å². The van der Waals surface area contributed by atoms with Crippen molar-refractivity contribution in [3.63, 3.8) is 0 Å². The zero-order valence-electron chi connectivity index (χ0n) is 8.32. The van der Waals surface area contributed by atoms with Crippen LogP contribution >= 0.6 is 0 Å². The third-order valence-corrected chi connectivity index (χ3v) is 2.27. The van der Waals surface area contributed by atoms with Gasteiger partial charge in [-0.25, -0.2) is 0 Å². The zero-order valence-corrected chi connectivity index (χ0v) is 8.32. The fourth-order valence-electron chi connectivity index (χ4n) is 1.67. The van der Waals surface area contributed by atoms with Crippen LogP contribution in [0.5, 0.6) is 0 Å². The lowest BCUT2D eigenvalue weighted by Crippen LogP contribution is -2.39. The molecule has 1 rings (SSSR count). The molecule has 1 heterocycles. The van der Waals surface area contributed by atoms with Gasteiger partial charge in [0.15, 0.2) is 0 Å². The van der Waals surface area contributed by atoms with E-state index in [1.807, 2.05) is 13.8 Å². The normalized spacial score (nSPS) is 31.4. The summed E-state index contributed by atoms with van der Waals surface area (Å²) in [6.07, 6.45) is 0.417. The lowest BCUT2D eigenvalue weighted by atomic mass is 10.0. The maximum Gasteiger partial charge on any atom is 0.322 e. The molecule has 0 bridgehead atoms. The first kappa shape index (κ1) is 11.0. The number of carboxylic acid groups (broad SMARTS) is 1. The smallest absolute Gasteiger partial charge is 0.322 e. The zero-order chi connectivity index (χ0) is 10.7. The molecule has 5 nitrogen and oxygen atoms in total. The molecular formula is C9H15NO4. The molecule has 0 radical (unpaired) electrons. The molecular weight excluding hydrogens is 186 g/mol. The van der Waals surface area contributed by atoms with Crippen molar-refractivity contribution in [1.29, 1.82) is 0 Å². The van der Waals surface area contributed by atoms with E-state index in [4.69, 9.17) is 9.84 Å². The lowest BCUT2D eigenvalue weighted by Gasteiger charge is -2.13. The Kier molecular flexibility index (Phi) is 3.46. The van der Waals surface area contributed by atoms with Crippen LogP contribution in [0.2, 0.25) is 0 Å². The maximum atomic E-state index is 11.4. The summed E-state index contributed by atoms with van der Waals surface area (Å²) < 4.78 is 5.36. The van der Waals surface area contributed by atoms with Crippen molar-refractivity contribution in [3.8, 4) is 0 Å². The van der Waals surface area contributed by atoms with E-state index in [0.717, 1.165) is 6.42 Å². The van der Waals surface area contributed by atoms with Crippen molar-refractivity contribution in [2.24, 2.45) is 5.92 Å². The standard InChI is InChI=1S/C9H15NO4/c1-5-3-6(2)14-8(5)9(13)10-4-7(11)12/h5-6,8H,3-4H2,1-2H3,(H,10,13)(H,11,12). The summed E-state index contributed by atoms with van der Waals surface area (Å²) in [7, 11) is 0. The molecule has 5 heteroatoms. The predicted molar refractivity (Wildman–Crippen MR) is 48.8 cm³/mol. The number of carbonyl (C=O) groups excluding carboxylic acids is 1. The van der Waals surface area contributed by atoms with Crippen LogP contribution in [-0.2, 0) is 14.3 Å². The molecule has 1 aliphatic rings. The van der Waals surface area contributed by atoms with Crippen LogP contribution < -0.4 is 5.32 Å². The highest BCUT2D eigenvalue weighted by Gasteiger charge is 2.34. The van der Waals surface area contributed by atoms with Crippen molar-refractivity contribution >= 4 is 11.9 Å². The second-order valence-corrected chi connectivity index (χ2v) is 3.69. The lowest BCUT2D eigenvalue weighted by molar-refractivity contribution is -0.140. The SMILES string of the molecule is CC1CC(C)C(C(=O)NCC(=O)O)O1. The van der Waals surface area contributed by atoms with Crippen LogP contribution in [0.1, 0.15) is 20.3 Å². The second-order valence-electron chi connectivity index (χ2n) is 3.69. The van der Waals surface area contributed by atoms with E-state index >= 15 is 0 Å². The molecule has 1 saturated heterocycles. The molecule has 0 saturated carbocycles. The van der Waals surface area contributed by atoms with Crippen molar-refractivity contribution in [2.45, 2.75) is 32.5 Å². The molecule has 0 aromatic rings. The summed E-state index contributed by atoms with van der Waals surface area (Å²) in [5, 5.41) is 10.7. The number of nitrogens with one attached hydrogen (secondary N) is 1. The molecule has 1 fully saturated rings. The minimum atomic E-state index is -1.04. The Morgan fingerprint density at radius 2 is 2.14 bits per heavy atom. The van der Waals surface area contributed by atoms with Gasteiger partial charge in [0, 0.05) is 0 Å². The molecule has 0 aliphatic carbocycles. The number of hydrogen-bond donors (Lipinski definition) is 2. The van der Waals surface area contributed by atoms with E-state index in [0.29, 0.717) is 0 Å². The Labute approximate surface area is 82.4 Å². The van der Waals surface area contributed by atoms with Gasteiger partial charge in [0.05, 0.1) is 6.10 Å². The largest absolute Gasteiger partial charge is 0.480 e. The van der Waals surface area contributed by atoms with Gasteiger partial charge in [0.1, 0.15) is 12.6 Å². The Bertz CT molecular complexity index is 241. The number of aliphatic carboxylic acids is 1. The second kappa shape index (κ2) is 4.41. The molecule has 80 valence electrons. The first-order valence-electron chi connectivity index (χ1n) is 4.65. The minimum absolute atomic E-state index is 0.0746.